The number of carbonyl (C=O) groups excluding carboxylic acids is 1. The van der Waals surface area contributed by atoms with Gasteiger partial charge in [0.15, 0.2) is 0 Å². The average molecular weight is 290 g/mol. The van der Waals surface area contributed by atoms with Gasteiger partial charge in [-0.25, -0.2) is 4.79 Å². The molecule has 0 aliphatic carbocycles. The first-order valence-corrected chi connectivity index (χ1v) is 8.08. The summed E-state index contributed by atoms with van der Waals surface area (Å²) in [6.45, 7) is 11.5. The number of esters is 1. The first-order chi connectivity index (χ1) is 9.80. The maximum Gasteiger partial charge on any atom is 0.338 e. The van der Waals surface area contributed by atoms with E-state index in [1.54, 1.807) is 0 Å². The third-order valence-corrected chi connectivity index (χ3v) is 3.65. The van der Waals surface area contributed by atoms with Gasteiger partial charge in [-0.2, -0.15) is 0 Å². The van der Waals surface area contributed by atoms with Crippen molar-refractivity contribution in [1.29, 1.82) is 0 Å². The van der Waals surface area contributed by atoms with Gasteiger partial charge in [-0.05, 0) is 35.4 Å². The maximum absolute atomic E-state index is 11.9. The molecule has 1 rings (SSSR count). The van der Waals surface area contributed by atoms with Gasteiger partial charge in [0, 0.05) is 0 Å². The smallest absolute Gasteiger partial charge is 0.338 e. The summed E-state index contributed by atoms with van der Waals surface area (Å²) in [6.07, 6.45) is 4.56. The molecule has 21 heavy (non-hydrogen) atoms. The second kappa shape index (κ2) is 8.21. The SMILES string of the molecule is CC(C)CCCCCOC(=O)c1ccc(C(C)(C)C)cc1. The van der Waals surface area contributed by atoms with Crippen LogP contribution in [0.1, 0.15) is 76.2 Å². The Morgan fingerprint density at radius 2 is 1.67 bits per heavy atom. The minimum atomic E-state index is -0.209. The average Bonchev–Trinajstić information content (AvgIpc) is 2.41. The zero-order chi connectivity index (χ0) is 15.9. The summed E-state index contributed by atoms with van der Waals surface area (Å²) < 4.78 is 5.32. The Hall–Kier alpha value is -1.31. The summed E-state index contributed by atoms with van der Waals surface area (Å²) in [6, 6.07) is 7.75. The van der Waals surface area contributed by atoms with Crippen LogP contribution in [0.3, 0.4) is 0 Å². The van der Waals surface area contributed by atoms with Gasteiger partial charge >= 0.3 is 5.97 Å². The predicted molar refractivity (Wildman–Crippen MR) is 88.7 cm³/mol. The second-order valence-corrected chi connectivity index (χ2v) is 7.21. The second-order valence-electron chi connectivity index (χ2n) is 7.21. The maximum atomic E-state index is 11.9. The quantitative estimate of drug-likeness (QED) is 0.499. The van der Waals surface area contributed by atoms with E-state index in [2.05, 4.69) is 34.6 Å². The van der Waals surface area contributed by atoms with Crippen molar-refractivity contribution < 1.29 is 9.53 Å². The van der Waals surface area contributed by atoms with Crippen LogP contribution in [-0.2, 0) is 10.2 Å². The fraction of sp³-hybridized carbons (Fsp3) is 0.632. The molecule has 0 bridgehead atoms. The molecule has 118 valence electrons. The van der Waals surface area contributed by atoms with Crippen molar-refractivity contribution in [3.8, 4) is 0 Å². The van der Waals surface area contributed by atoms with Gasteiger partial charge in [-0.3, -0.25) is 0 Å². The Bertz CT molecular complexity index is 424. The van der Waals surface area contributed by atoms with Crippen molar-refractivity contribution in [3.05, 3.63) is 35.4 Å². The molecule has 0 fully saturated rings. The normalized spacial score (nSPS) is 11.7. The van der Waals surface area contributed by atoms with Gasteiger partial charge in [0.25, 0.3) is 0 Å². The first-order valence-electron chi connectivity index (χ1n) is 8.08. The molecule has 0 amide bonds. The van der Waals surface area contributed by atoms with E-state index in [0.717, 1.165) is 18.8 Å². The molecule has 2 heteroatoms. The molecule has 0 radical (unpaired) electrons. The molecule has 2 nitrogen and oxygen atoms in total. The van der Waals surface area contributed by atoms with Gasteiger partial charge in [0.2, 0.25) is 0 Å². The summed E-state index contributed by atoms with van der Waals surface area (Å²) in [7, 11) is 0. The zero-order valence-corrected chi connectivity index (χ0v) is 14.2. The number of rotatable bonds is 7. The molecule has 0 saturated carbocycles. The van der Waals surface area contributed by atoms with E-state index in [0.29, 0.717) is 12.2 Å². The standard InChI is InChI=1S/C19H30O2/c1-15(2)9-7-6-8-14-21-18(20)16-10-12-17(13-11-16)19(3,4)5/h10-13,15H,6-9,14H2,1-5H3. The van der Waals surface area contributed by atoms with Gasteiger partial charge in [-0.1, -0.05) is 66.0 Å². The van der Waals surface area contributed by atoms with Crippen molar-refractivity contribution in [1.82, 2.24) is 0 Å². The Morgan fingerprint density at radius 3 is 2.19 bits per heavy atom. The van der Waals surface area contributed by atoms with Crippen LogP contribution in [0.2, 0.25) is 0 Å². The lowest BCUT2D eigenvalue weighted by molar-refractivity contribution is 0.0497. The van der Waals surface area contributed by atoms with Crippen molar-refractivity contribution in [2.45, 2.75) is 65.7 Å². The van der Waals surface area contributed by atoms with Crippen LogP contribution >= 0.6 is 0 Å². The highest BCUT2D eigenvalue weighted by molar-refractivity contribution is 5.89. The summed E-state index contributed by atoms with van der Waals surface area (Å²) in [5.74, 6) is 0.549. The van der Waals surface area contributed by atoms with Crippen molar-refractivity contribution in [2.24, 2.45) is 5.92 Å². The van der Waals surface area contributed by atoms with Crippen LogP contribution in [0.5, 0.6) is 0 Å². The van der Waals surface area contributed by atoms with Crippen LogP contribution in [0.15, 0.2) is 24.3 Å². The van der Waals surface area contributed by atoms with Gasteiger partial charge in [-0.15, -0.1) is 0 Å². The lowest BCUT2D eigenvalue weighted by Crippen LogP contribution is -2.12. The molecule has 0 aliphatic heterocycles. The molecular formula is C19H30O2. The molecule has 0 aromatic heterocycles. The van der Waals surface area contributed by atoms with E-state index < -0.39 is 0 Å². The van der Waals surface area contributed by atoms with E-state index in [1.807, 2.05) is 24.3 Å². The van der Waals surface area contributed by atoms with E-state index in [9.17, 15) is 4.79 Å². The largest absolute Gasteiger partial charge is 0.462 e. The van der Waals surface area contributed by atoms with Crippen molar-refractivity contribution in [3.63, 3.8) is 0 Å². The topological polar surface area (TPSA) is 26.3 Å². The number of ether oxygens (including phenoxy) is 1. The highest BCUT2D eigenvalue weighted by Gasteiger charge is 2.14. The summed E-state index contributed by atoms with van der Waals surface area (Å²) in [5.41, 5.74) is 1.98. The molecule has 1 aromatic carbocycles. The first kappa shape index (κ1) is 17.7. The third-order valence-electron chi connectivity index (χ3n) is 3.65. The van der Waals surface area contributed by atoms with Crippen LogP contribution in [0.4, 0.5) is 0 Å². The lowest BCUT2D eigenvalue weighted by Gasteiger charge is -2.18. The summed E-state index contributed by atoms with van der Waals surface area (Å²) >= 11 is 0. The van der Waals surface area contributed by atoms with Crippen LogP contribution in [0, 0.1) is 5.92 Å². The third kappa shape index (κ3) is 6.79. The Kier molecular flexibility index (Phi) is 6.94. The molecule has 0 atom stereocenters. The zero-order valence-electron chi connectivity index (χ0n) is 14.2. The Balaban J connectivity index is 2.32. The number of carbonyl (C=O) groups is 1. The van der Waals surface area contributed by atoms with Gasteiger partial charge in [0.05, 0.1) is 12.2 Å². The molecule has 0 heterocycles. The molecule has 0 unspecified atom stereocenters. The predicted octanol–water partition coefficient (Wildman–Crippen LogP) is 5.36. The van der Waals surface area contributed by atoms with Crippen molar-refractivity contribution in [2.75, 3.05) is 6.61 Å². The van der Waals surface area contributed by atoms with Crippen LogP contribution < -0.4 is 0 Å². The van der Waals surface area contributed by atoms with E-state index >= 15 is 0 Å². The molecule has 0 saturated heterocycles. The van der Waals surface area contributed by atoms with Crippen LogP contribution in [-0.4, -0.2) is 12.6 Å². The van der Waals surface area contributed by atoms with Gasteiger partial charge in [0.1, 0.15) is 0 Å². The molecule has 0 N–H and O–H groups in total. The number of hydrogen-bond donors (Lipinski definition) is 0. The number of benzene rings is 1. The van der Waals surface area contributed by atoms with Gasteiger partial charge < -0.3 is 4.74 Å². The van der Waals surface area contributed by atoms with Crippen LogP contribution in [0.25, 0.3) is 0 Å². The molecule has 1 aromatic rings. The Morgan fingerprint density at radius 1 is 1.05 bits per heavy atom. The fourth-order valence-electron chi connectivity index (χ4n) is 2.19. The summed E-state index contributed by atoms with van der Waals surface area (Å²) in [5, 5.41) is 0. The van der Waals surface area contributed by atoms with E-state index in [-0.39, 0.29) is 11.4 Å². The number of hydrogen-bond acceptors (Lipinski definition) is 2. The highest BCUT2D eigenvalue weighted by atomic mass is 16.5. The minimum absolute atomic E-state index is 0.110. The molecular weight excluding hydrogens is 260 g/mol. The van der Waals surface area contributed by atoms with Crippen molar-refractivity contribution >= 4 is 5.97 Å². The number of unbranched alkanes of at least 4 members (excludes halogenated alkanes) is 2. The molecule has 0 spiro atoms. The highest BCUT2D eigenvalue weighted by Crippen LogP contribution is 2.22. The van der Waals surface area contributed by atoms with E-state index in [4.69, 9.17) is 4.74 Å². The Labute approximate surface area is 129 Å². The minimum Gasteiger partial charge on any atom is -0.462 e. The molecule has 0 aliphatic rings. The van der Waals surface area contributed by atoms with E-state index in [1.165, 1.54) is 18.4 Å². The monoisotopic (exact) mass is 290 g/mol. The fourth-order valence-corrected chi connectivity index (χ4v) is 2.19. The lowest BCUT2D eigenvalue weighted by atomic mass is 9.87. The summed E-state index contributed by atoms with van der Waals surface area (Å²) in [4.78, 5) is 11.9.